The zero-order valence-electron chi connectivity index (χ0n) is 15.6. The van der Waals surface area contributed by atoms with Crippen LogP contribution in [0.2, 0.25) is 0 Å². The molecule has 1 aromatic rings. The fraction of sp³-hybridized carbons (Fsp3) is 0.714. The minimum absolute atomic E-state index is 0.511. The van der Waals surface area contributed by atoms with E-state index in [2.05, 4.69) is 50.8 Å². The van der Waals surface area contributed by atoms with Crippen LogP contribution >= 0.6 is 0 Å². The van der Waals surface area contributed by atoms with Gasteiger partial charge in [0.1, 0.15) is 5.75 Å². The average molecular weight is 318 g/mol. The first-order chi connectivity index (χ1) is 11.1. The van der Waals surface area contributed by atoms with Gasteiger partial charge in [0.25, 0.3) is 0 Å². The summed E-state index contributed by atoms with van der Waals surface area (Å²) in [4.78, 5) is 2.62. The number of benzene rings is 1. The molecule has 0 N–H and O–H groups in total. The summed E-state index contributed by atoms with van der Waals surface area (Å²) in [6.45, 7) is 13.7. The van der Waals surface area contributed by atoms with E-state index in [0.29, 0.717) is 11.8 Å². The second-order valence-electron chi connectivity index (χ2n) is 7.53. The van der Waals surface area contributed by atoms with Gasteiger partial charge >= 0.3 is 0 Å². The van der Waals surface area contributed by atoms with Crippen molar-refractivity contribution in [1.82, 2.24) is 4.90 Å². The van der Waals surface area contributed by atoms with Crippen molar-refractivity contribution in [3.63, 3.8) is 0 Å². The fourth-order valence-electron chi connectivity index (χ4n) is 3.44. The van der Waals surface area contributed by atoms with Crippen LogP contribution in [0.1, 0.15) is 82.8 Å². The first kappa shape index (κ1) is 18.3. The largest absolute Gasteiger partial charge is 0.493 e. The van der Waals surface area contributed by atoms with E-state index in [9.17, 15) is 0 Å². The second kappa shape index (κ2) is 9.32. The van der Waals surface area contributed by atoms with Gasteiger partial charge in [-0.2, -0.15) is 0 Å². The quantitative estimate of drug-likeness (QED) is 0.580. The minimum Gasteiger partial charge on any atom is -0.493 e. The molecule has 0 atom stereocenters. The Balaban J connectivity index is 1.84. The van der Waals surface area contributed by atoms with Gasteiger partial charge in [-0.05, 0) is 68.3 Å². The lowest BCUT2D eigenvalue weighted by Crippen LogP contribution is -2.30. The molecule has 0 aliphatic carbocycles. The van der Waals surface area contributed by atoms with Crippen LogP contribution in [0.15, 0.2) is 18.2 Å². The van der Waals surface area contributed by atoms with E-state index < -0.39 is 0 Å². The lowest BCUT2D eigenvalue weighted by Gasteiger charge is -2.26. The first-order valence-electron chi connectivity index (χ1n) is 9.57. The monoisotopic (exact) mass is 317 g/mol. The normalized spacial score (nSPS) is 16.3. The van der Waals surface area contributed by atoms with Crippen LogP contribution < -0.4 is 4.74 Å². The maximum absolute atomic E-state index is 6.26. The number of likely N-dealkylation sites (tertiary alicyclic amines) is 1. The molecule has 0 amide bonds. The first-order valence-corrected chi connectivity index (χ1v) is 9.57. The SMILES string of the molecule is CC(C)c1cccc(C(C)C)c1OCCCCN1CCCCC1. The summed E-state index contributed by atoms with van der Waals surface area (Å²) in [6, 6.07) is 6.62. The predicted octanol–water partition coefficient (Wildman–Crippen LogP) is 5.58. The van der Waals surface area contributed by atoms with Gasteiger partial charge in [0.05, 0.1) is 6.61 Å². The highest BCUT2D eigenvalue weighted by Crippen LogP contribution is 2.34. The molecule has 1 aliphatic heterocycles. The van der Waals surface area contributed by atoms with E-state index in [1.807, 2.05) is 0 Å². The van der Waals surface area contributed by atoms with Crippen LogP contribution in [-0.4, -0.2) is 31.1 Å². The van der Waals surface area contributed by atoms with Crippen LogP contribution in [0.5, 0.6) is 5.75 Å². The van der Waals surface area contributed by atoms with Gasteiger partial charge in [-0.15, -0.1) is 0 Å². The number of ether oxygens (including phenoxy) is 1. The summed E-state index contributed by atoms with van der Waals surface area (Å²) in [5.41, 5.74) is 2.71. The standard InChI is InChI=1S/C21H35NO/c1-17(2)19-11-10-12-20(18(3)4)21(19)23-16-9-8-15-22-13-6-5-7-14-22/h10-12,17-18H,5-9,13-16H2,1-4H3. The summed E-state index contributed by atoms with van der Waals surface area (Å²) in [5, 5.41) is 0. The van der Waals surface area contributed by atoms with Crippen LogP contribution in [0, 0.1) is 0 Å². The van der Waals surface area contributed by atoms with Crippen molar-refractivity contribution in [2.45, 2.75) is 71.6 Å². The molecule has 0 radical (unpaired) electrons. The highest BCUT2D eigenvalue weighted by atomic mass is 16.5. The zero-order chi connectivity index (χ0) is 16.7. The van der Waals surface area contributed by atoms with E-state index in [1.165, 1.54) is 56.4 Å². The van der Waals surface area contributed by atoms with Crippen molar-refractivity contribution in [3.8, 4) is 5.75 Å². The molecule has 1 heterocycles. The van der Waals surface area contributed by atoms with Gasteiger partial charge in [-0.1, -0.05) is 52.3 Å². The maximum atomic E-state index is 6.26. The average Bonchev–Trinajstić information content (AvgIpc) is 2.55. The third-order valence-electron chi connectivity index (χ3n) is 4.88. The van der Waals surface area contributed by atoms with Gasteiger partial charge in [-0.3, -0.25) is 0 Å². The predicted molar refractivity (Wildman–Crippen MR) is 99.6 cm³/mol. The van der Waals surface area contributed by atoms with Crippen molar-refractivity contribution in [1.29, 1.82) is 0 Å². The summed E-state index contributed by atoms with van der Waals surface area (Å²) in [6.07, 6.45) is 6.59. The fourth-order valence-corrected chi connectivity index (χ4v) is 3.44. The van der Waals surface area contributed by atoms with E-state index in [4.69, 9.17) is 4.74 Å². The molecule has 0 saturated carbocycles. The molecular formula is C21H35NO. The molecule has 0 unspecified atom stereocenters. The molecule has 0 aromatic heterocycles. The number of rotatable bonds is 8. The Morgan fingerprint density at radius 3 is 2.09 bits per heavy atom. The molecule has 1 aliphatic rings. The molecule has 1 fully saturated rings. The Kier molecular flexibility index (Phi) is 7.42. The molecular weight excluding hydrogens is 282 g/mol. The number of unbranched alkanes of at least 4 members (excludes halogenated alkanes) is 1. The smallest absolute Gasteiger partial charge is 0.126 e. The molecule has 1 aromatic carbocycles. The molecule has 0 bridgehead atoms. The Morgan fingerprint density at radius 2 is 1.52 bits per heavy atom. The number of piperidine rings is 1. The maximum Gasteiger partial charge on any atom is 0.126 e. The summed E-state index contributed by atoms with van der Waals surface area (Å²) >= 11 is 0. The van der Waals surface area contributed by atoms with E-state index in [1.54, 1.807) is 0 Å². The molecule has 2 heteroatoms. The topological polar surface area (TPSA) is 12.5 Å². The summed E-state index contributed by atoms with van der Waals surface area (Å²) in [7, 11) is 0. The lowest BCUT2D eigenvalue weighted by atomic mass is 9.94. The van der Waals surface area contributed by atoms with Crippen molar-refractivity contribution >= 4 is 0 Å². The zero-order valence-corrected chi connectivity index (χ0v) is 15.6. The molecule has 1 saturated heterocycles. The number of hydrogen-bond acceptors (Lipinski definition) is 2. The Labute approximate surface area is 143 Å². The Bertz CT molecular complexity index is 435. The van der Waals surface area contributed by atoms with Crippen molar-refractivity contribution < 1.29 is 4.74 Å². The van der Waals surface area contributed by atoms with Crippen LogP contribution in [0.4, 0.5) is 0 Å². The van der Waals surface area contributed by atoms with Gasteiger partial charge in [0.15, 0.2) is 0 Å². The van der Waals surface area contributed by atoms with Gasteiger partial charge in [0, 0.05) is 0 Å². The lowest BCUT2D eigenvalue weighted by molar-refractivity contribution is 0.215. The number of para-hydroxylation sites is 1. The summed E-state index contributed by atoms with van der Waals surface area (Å²) in [5.74, 6) is 2.17. The van der Waals surface area contributed by atoms with Crippen LogP contribution in [0.3, 0.4) is 0 Å². The summed E-state index contributed by atoms with van der Waals surface area (Å²) < 4.78 is 6.26. The Morgan fingerprint density at radius 1 is 0.913 bits per heavy atom. The van der Waals surface area contributed by atoms with Crippen molar-refractivity contribution in [3.05, 3.63) is 29.3 Å². The van der Waals surface area contributed by atoms with Crippen LogP contribution in [0.25, 0.3) is 0 Å². The second-order valence-corrected chi connectivity index (χ2v) is 7.53. The molecule has 23 heavy (non-hydrogen) atoms. The van der Waals surface area contributed by atoms with E-state index in [0.717, 1.165) is 18.8 Å². The third kappa shape index (κ3) is 5.53. The third-order valence-corrected chi connectivity index (χ3v) is 4.88. The molecule has 130 valence electrons. The van der Waals surface area contributed by atoms with Crippen molar-refractivity contribution in [2.75, 3.05) is 26.2 Å². The van der Waals surface area contributed by atoms with Crippen LogP contribution in [-0.2, 0) is 0 Å². The number of nitrogens with zero attached hydrogens (tertiary/aromatic N) is 1. The molecule has 2 nitrogen and oxygen atoms in total. The highest BCUT2D eigenvalue weighted by Gasteiger charge is 2.15. The molecule has 0 spiro atoms. The van der Waals surface area contributed by atoms with Gasteiger partial charge in [0.2, 0.25) is 0 Å². The number of hydrogen-bond donors (Lipinski definition) is 0. The van der Waals surface area contributed by atoms with Crippen molar-refractivity contribution in [2.24, 2.45) is 0 Å². The highest BCUT2D eigenvalue weighted by molar-refractivity contribution is 5.44. The van der Waals surface area contributed by atoms with E-state index in [-0.39, 0.29) is 0 Å². The van der Waals surface area contributed by atoms with E-state index >= 15 is 0 Å². The minimum atomic E-state index is 0.511. The van der Waals surface area contributed by atoms with Gasteiger partial charge in [-0.25, -0.2) is 0 Å². The molecule has 2 rings (SSSR count). The Hall–Kier alpha value is -1.02. The van der Waals surface area contributed by atoms with Gasteiger partial charge < -0.3 is 9.64 Å².